The molecule has 19 heavy (non-hydrogen) atoms. The highest BCUT2D eigenvalue weighted by Crippen LogP contribution is 2.08. The third-order valence-corrected chi connectivity index (χ3v) is 2.87. The summed E-state index contributed by atoms with van der Waals surface area (Å²) in [6.45, 7) is 8.41. The highest BCUT2D eigenvalue weighted by atomic mass is 15.3. The van der Waals surface area contributed by atoms with E-state index in [1.807, 2.05) is 14.1 Å². The SMILES string of the molecule is CCN(CC)CCCNc1nc(N)nc(N(C)C)n1. The lowest BCUT2D eigenvalue weighted by atomic mass is 10.3. The number of aromatic nitrogens is 3. The van der Waals surface area contributed by atoms with E-state index in [-0.39, 0.29) is 5.95 Å². The van der Waals surface area contributed by atoms with E-state index < -0.39 is 0 Å². The molecule has 0 aromatic carbocycles. The summed E-state index contributed by atoms with van der Waals surface area (Å²) in [5.41, 5.74) is 5.66. The van der Waals surface area contributed by atoms with E-state index in [1.54, 1.807) is 4.90 Å². The van der Waals surface area contributed by atoms with E-state index in [0.29, 0.717) is 11.9 Å². The topological polar surface area (TPSA) is 83.2 Å². The van der Waals surface area contributed by atoms with Crippen LogP contribution in [0.3, 0.4) is 0 Å². The van der Waals surface area contributed by atoms with Crippen LogP contribution in [0.25, 0.3) is 0 Å². The maximum absolute atomic E-state index is 5.66. The molecule has 0 bridgehead atoms. The van der Waals surface area contributed by atoms with Crippen LogP contribution >= 0.6 is 0 Å². The van der Waals surface area contributed by atoms with Gasteiger partial charge in [0.1, 0.15) is 0 Å². The molecule has 108 valence electrons. The fourth-order valence-electron chi connectivity index (χ4n) is 1.70. The number of hydrogen-bond donors (Lipinski definition) is 2. The van der Waals surface area contributed by atoms with Crippen molar-refractivity contribution in [3.8, 4) is 0 Å². The second-order valence-electron chi connectivity index (χ2n) is 4.52. The van der Waals surface area contributed by atoms with Gasteiger partial charge in [-0.1, -0.05) is 13.8 Å². The minimum atomic E-state index is 0.241. The maximum atomic E-state index is 5.66. The molecule has 7 nitrogen and oxygen atoms in total. The van der Waals surface area contributed by atoms with Crippen molar-refractivity contribution < 1.29 is 0 Å². The molecule has 0 unspecified atom stereocenters. The molecule has 0 aliphatic rings. The van der Waals surface area contributed by atoms with Crippen LogP contribution in [-0.2, 0) is 0 Å². The van der Waals surface area contributed by atoms with Gasteiger partial charge in [-0.15, -0.1) is 0 Å². The molecule has 1 rings (SSSR count). The number of nitrogens with two attached hydrogens (primary N) is 1. The van der Waals surface area contributed by atoms with Crippen LogP contribution in [0.5, 0.6) is 0 Å². The van der Waals surface area contributed by atoms with Crippen LogP contribution < -0.4 is 16.0 Å². The molecule has 3 N–H and O–H groups in total. The number of hydrogen-bond acceptors (Lipinski definition) is 7. The molecule has 0 atom stereocenters. The Morgan fingerprint density at radius 2 is 1.79 bits per heavy atom. The first-order valence-corrected chi connectivity index (χ1v) is 6.71. The van der Waals surface area contributed by atoms with E-state index >= 15 is 0 Å². The van der Waals surface area contributed by atoms with Crippen LogP contribution in [-0.4, -0.2) is 60.1 Å². The van der Waals surface area contributed by atoms with Gasteiger partial charge in [0.15, 0.2) is 0 Å². The summed E-state index contributed by atoms with van der Waals surface area (Å²) >= 11 is 0. The fourth-order valence-corrected chi connectivity index (χ4v) is 1.70. The molecule has 1 aromatic rings. The molecule has 0 aliphatic heterocycles. The summed E-state index contributed by atoms with van der Waals surface area (Å²) in [7, 11) is 3.75. The fraction of sp³-hybridized carbons (Fsp3) is 0.750. The third kappa shape index (κ3) is 5.25. The molecule has 0 aliphatic carbocycles. The van der Waals surface area contributed by atoms with Crippen molar-refractivity contribution in [3.05, 3.63) is 0 Å². The van der Waals surface area contributed by atoms with Gasteiger partial charge in [0.2, 0.25) is 17.8 Å². The summed E-state index contributed by atoms with van der Waals surface area (Å²) in [6.07, 6.45) is 1.05. The predicted molar refractivity (Wildman–Crippen MR) is 79.5 cm³/mol. The van der Waals surface area contributed by atoms with Crippen LogP contribution in [0.4, 0.5) is 17.8 Å². The van der Waals surface area contributed by atoms with Crippen LogP contribution in [0, 0.1) is 0 Å². The molecule has 1 heterocycles. The minimum absolute atomic E-state index is 0.241. The van der Waals surface area contributed by atoms with Gasteiger partial charge in [0, 0.05) is 20.6 Å². The van der Waals surface area contributed by atoms with Gasteiger partial charge < -0.3 is 20.9 Å². The number of anilines is 3. The van der Waals surface area contributed by atoms with Gasteiger partial charge in [0.25, 0.3) is 0 Å². The Bertz CT molecular complexity index is 376. The highest BCUT2D eigenvalue weighted by Gasteiger charge is 2.05. The molecule has 0 saturated heterocycles. The minimum Gasteiger partial charge on any atom is -0.368 e. The molecule has 0 amide bonds. The Balaban J connectivity index is 2.45. The van der Waals surface area contributed by atoms with Crippen molar-refractivity contribution in [3.63, 3.8) is 0 Å². The first-order valence-electron chi connectivity index (χ1n) is 6.71. The van der Waals surface area contributed by atoms with Gasteiger partial charge >= 0.3 is 0 Å². The zero-order valence-corrected chi connectivity index (χ0v) is 12.3. The summed E-state index contributed by atoms with van der Waals surface area (Å²) in [5, 5.41) is 3.19. The molecule has 0 saturated carbocycles. The Morgan fingerprint density at radius 3 is 2.37 bits per heavy atom. The first kappa shape index (κ1) is 15.4. The lowest BCUT2D eigenvalue weighted by Gasteiger charge is -2.17. The Morgan fingerprint density at radius 1 is 1.11 bits per heavy atom. The van der Waals surface area contributed by atoms with Gasteiger partial charge in [-0.2, -0.15) is 15.0 Å². The van der Waals surface area contributed by atoms with Crippen molar-refractivity contribution in [1.82, 2.24) is 19.9 Å². The van der Waals surface area contributed by atoms with Crippen molar-refractivity contribution in [2.24, 2.45) is 0 Å². The van der Waals surface area contributed by atoms with Crippen molar-refractivity contribution in [2.45, 2.75) is 20.3 Å². The number of nitrogens with one attached hydrogen (secondary N) is 1. The lowest BCUT2D eigenvalue weighted by Crippen LogP contribution is -2.25. The van der Waals surface area contributed by atoms with E-state index in [2.05, 4.69) is 39.0 Å². The maximum Gasteiger partial charge on any atom is 0.231 e. The summed E-state index contributed by atoms with van der Waals surface area (Å²) < 4.78 is 0. The van der Waals surface area contributed by atoms with Crippen molar-refractivity contribution in [1.29, 1.82) is 0 Å². The Labute approximate surface area is 115 Å². The normalized spacial score (nSPS) is 10.8. The molecule has 7 heteroatoms. The van der Waals surface area contributed by atoms with E-state index in [9.17, 15) is 0 Å². The molecule has 0 fully saturated rings. The van der Waals surface area contributed by atoms with Crippen LogP contribution in [0.15, 0.2) is 0 Å². The highest BCUT2D eigenvalue weighted by molar-refractivity contribution is 5.40. The largest absolute Gasteiger partial charge is 0.368 e. The monoisotopic (exact) mass is 267 g/mol. The standard InChI is InChI=1S/C12H25N7/c1-5-19(6-2)9-7-8-14-11-15-10(13)16-12(17-11)18(3)4/h5-9H2,1-4H3,(H3,13,14,15,16,17). The summed E-state index contributed by atoms with van der Waals surface area (Å²) in [4.78, 5) is 16.6. The third-order valence-electron chi connectivity index (χ3n) is 2.87. The predicted octanol–water partition coefficient (Wildman–Crippen LogP) is 0.664. The Hall–Kier alpha value is -1.63. The van der Waals surface area contributed by atoms with Crippen molar-refractivity contribution >= 4 is 17.8 Å². The van der Waals surface area contributed by atoms with E-state index in [4.69, 9.17) is 5.73 Å². The van der Waals surface area contributed by atoms with E-state index in [0.717, 1.165) is 32.6 Å². The second kappa shape index (κ2) is 7.73. The summed E-state index contributed by atoms with van der Waals surface area (Å²) in [6, 6.07) is 0. The summed E-state index contributed by atoms with van der Waals surface area (Å²) in [5.74, 6) is 1.35. The molecule has 0 radical (unpaired) electrons. The quantitative estimate of drug-likeness (QED) is 0.669. The number of rotatable bonds is 8. The van der Waals surface area contributed by atoms with Crippen LogP contribution in [0.1, 0.15) is 20.3 Å². The zero-order chi connectivity index (χ0) is 14.3. The van der Waals surface area contributed by atoms with Gasteiger partial charge in [-0.05, 0) is 26.1 Å². The van der Waals surface area contributed by atoms with Gasteiger partial charge in [0.05, 0.1) is 0 Å². The van der Waals surface area contributed by atoms with Gasteiger partial charge in [-0.25, -0.2) is 0 Å². The smallest absolute Gasteiger partial charge is 0.231 e. The molecule has 0 spiro atoms. The lowest BCUT2D eigenvalue weighted by molar-refractivity contribution is 0.303. The average Bonchev–Trinajstić information content (AvgIpc) is 2.38. The second-order valence-corrected chi connectivity index (χ2v) is 4.52. The number of nitrogen functional groups attached to an aromatic ring is 1. The van der Waals surface area contributed by atoms with E-state index in [1.165, 1.54) is 0 Å². The zero-order valence-electron chi connectivity index (χ0n) is 12.3. The molecular weight excluding hydrogens is 242 g/mol. The number of nitrogens with zero attached hydrogens (tertiary/aromatic N) is 5. The molecular formula is C12H25N7. The van der Waals surface area contributed by atoms with Crippen LogP contribution in [0.2, 0.25) is 0 Å². The average molecular weight is 267 g/mol. The van der Waals surface area contributed by atoms with Crippen molar-refractivity contribution in [2.75, 3.05) is 56.2 Å². The Kier molecular flexibility index (Phi) is 6.27. The van der Waals surface area contributed by atoms with Gasteiger partial charge in [-0.3, -0.25) is 0 Å². The molecule has 1 aromatic heterocycles. The first-order chi connectivity index (χ1) is 9.06.